The molecule has 0 spiro atoms. The Balaban J connectivity index is 2.13. The summed E-state index contributed by atoms with van der Waals surface area (Å²) in [5.74, 6) is -0.0736. The Hall–Kier alpha value is -2.02. The Kier molecular flexibility index (Phi) is 3.52. The summed E-state index contributed by atoms with van der Waals surface area (Å²) in [5, 5.41) is 9.07. The number of carbonyl (C=O) groups is 1. The Labute approximate surface area is 102 Å². The van der Waals surface area contributed by atoms with E-state index in [9.17, 15) is 9.18 Å². The smallest absolute Gasteiger partial charge is 0.404 e. The van der Waals surface area contributed by atoms with Gasteiger partial charge in [0.05, 0.1) is 6.61 Å². The van der Waals surface area contributed by atoms with E-state index < -0.39 is 18.0 Å². The number of aliphatic hydroxyl groups is 1. The molecule has 1 atom stereocenters. The van der Waals surface area contributed by atoms with Crippen LogP contribution < -0.4 is 15.2 Å². The molecule has 0 fully saturated rings. The molecule has 1 amide bonds. The van der Waals surface area contributed by atoms with Crippen molar-refractivity contribution in [3.8, 4) is 11.5 Å². The van der Waals surface area contributed by atoms with E-state index in [1.165, 1.54) is 6.07 Å². The van der Waals surface area contributed by atoms with Crippen LogP contribution >= 0.6 is 0 Å². The monoisotopic (exact) mass is 257 g/mol. The minimum Gasteiger partial charge on any atom is -0.485 e. The molecule has 6 nitrogen and oxygen atoms in total. The second kappa shape index (κ2) is 5.09. The van der Waals surface area contributed by atoms with Gasteiger partial charge in [0.25, 0.3) is 0 Å². The molecule has 0 radical (unpaired) electrons. The molecule has 0 saturated carbocycles. The normalized spacial score (nSPS) is 17.3. The minimum absolute atomic E-state index is 0.0836. The number of halogens is 1. The summed E-state index contributed by atoms with van der Waals surface area (Å²) < 4.78 is 28.6. The van der Waals surface area contributed by atoms with Gasteiger partial charge in [-0.25, -0.2) is 9.18 Å². The molecule has 1 aromatic rings. The van der Waals surface area contributed by atoms with Crippen LogP contribution in [-0.2, 0) is 11.3 Å². The summed E-state index contributed by atoms with van der Waals surface area (Å²) in [6.45, 7) is -0.315. The number of benzene rings is 1. The summed E-state index contributed by atoms with van der Waals surface area (Å²) in [5.41, 5.74) is 5.13. The maximum absolute atomic E-state index is 13.2. The average molecular weight is 257 g/mol. The van der Waals surface area contributed by atoms with Crippen molar-refractivity contribution in [1.82, 2.24) is 0 Å². The van der Waals surface area contributed by atoms with Gasteiger partial charge in [-0.2, -0.15) is 0 Å². The van der Waals surface area contributed by atoms with E-state index in [2.05, 4.69) is 4.74 Å². The first-order chi connectivity index (χ1) is 8.60. The Bertz CT molecular complexity index is 465. The van der Waals surface area contributed by atoms with Crippen molar-refractivity contribution in [3.63, 3.8) is 0 Å². The number of rotatable bonds is 3. The number of amides is 1. The molecule has 7 heteroatoms. The molecule has 0 aliphatic carbocycles. The van der Waals surface area contributed by atoms with Gasteiger partial charge in [-0.1, -0.05) is 0 Å². The minimum atomic E-state index is -0.917. The topological polar surface area (TPSA) is 91.0 Å². The predicted octanol–water partition coefficient (Wildman–Crippen LogP) is 0.553. The zero-order chi connectivity index (χ0) is 13.1. The molecule has 3 N–H and O–H groups in total. The number of carbonyl (C=O) groups excluding carboxylic acids is 1. The number of ether oxygens (including phenoxy) is 3. The van der Waals surface area contributed by atoms with Crippen molar-refractivity contribution in [3.05, 3.63) is 23.5 Å². The first-order valence-electron chi connectivity index (χ1n) is 5.25. The average Bonchev–Trinajstić information content (AvgIpc) is 2.34. The lowest BCUT2D eigenvalue weighted by atomic mass is 10.1. The number of aliphatic hydroxyl groups excluding tert-OH is 1. The van der Waals surface area contributed by atoms with Crippen LogP contribution in [0.25, 0.3) is 0 Å². The molecule has 1 aliphatic rings. The van der Waals surface area contributed by atoms with Gasteiger partial charge in [0.15, 0.2) is 17.6 Å². The molecule has 0 bridgehead atoms. The van der Waals surface area contributed by atoms with Gasteiger partial charge in [0.1, 0.15) is 19.0 Å². The Morgan fingerprint density at radius 3 is 3.06 bits per heavy atom. The lowest BCUT2D eigenvalue weighted by Crippen LogP contribution is -2.35. The molecule has 98 valence electrons. The second-order valence-corrected chi connectivity index (χ2v) is 3.73. The number of hydrogen-bond donors (Lipinski definition) is 2. The van der Waals surface area contributed by atoms with Crippen LogP contribution in [0.3, 0.4) is 0 Å². The molecular weight excluding hydrogens is 245 g/mol. The van der Waals surface area contributed by atoms with Gasteiger partial charge in [-0.3, -0.25) is 0 Å². The fraction of sp³-hybridized carbons (Fsp3) is 0.364. The zero-order valence-electron chi connectivity index (χ0n) is 9.39. The van der Waals surface area contributed by atoms with Gasteiger partial charge < -0.3 is 25.1 Å². The van der Waals surface area contributed by atoms with E-state index in [1.54, 1.807) is 0 Å². The van der Waals surface area contributed by atoms with Crippen LogP contribution in [0.5, 0.6) is 11.5 Å². The van der Waals surface area contributed by atoms with Crippen molar-refractivity contribution in [2.45, 2.75) is 12.7 Å². The summed E-state index contributed by atoms with van der Waals surface area (Å²) in [4.78, 5) is 10.5. The molecule has 0 aromatic heterocycles. The molecule has 1 heterocycles. The summed E-state index contributed by atoms with van der Waals surface area (Å²) in [7, 11) is 0. The van der Waals surface area contributed by atoms with Gasteiger partial charge in [0.2, 0.25) is 0 Å². The van der Waals surface area contributed by atoms with Crippen LogP contribution in [0.2, 0.25) is 0 Å². The SMILES string of the molecule is NC(=O)OCC1COc2c(CO)cc(F)cc2O1. The maximum Gasteiger partial charge on any atom is 0.404 e. The Morgan fingerprint density at radius 2 is 2.39 bits per heavy atom. The molecule has 1 aromatic carbocycles. The highest BCUT2D eigenvalue weighted by atomic mass is 19.1. The van der Waals surface area contributed by atoms with Crippen molar-refractivity contribution in [1.29, 1.82) is 0 Å². The largest absolute Gasteiger partial charge is 0.485 e. The maximum atomic E-state index is 13.2. The third-order valence-electron chi connectivity index (χ3n) is 2.39. The first kappa shape index (κ1) is 12.4. The third-order valence-corrected chi connectivity index (χ3v) is 2.39. The van der Waals surface area contributed by atoms with Crippen molar-refractivity contribution >= 4 is 6.09 Å². The van der Waals surface area contributed by atoms with Gasteiger partial charge in [0, 0.05) is 11.6 Å². The fourth-order valence-electron chi connectivity index (χ4n) is 1.64. The molecule has 2 rings (SSSR count). The van der Waals surface area contributed by atoms with Crippen molar-refractivity contribution in [2.75, 3.05) is 13.2 Å². The summed E-state index contributed by atoms with van der Waals surface area (Å²) in [6, 6.07) is 2.31. The molecule has 1 aliphatic heterocycles. The third kappa shape index (κ3) is 2.62. The van der Waals surface area contributed by atoms with Gasteiger partial charge in [-0.15, -0.1) is 0 Å². The van der Waals surface area contributed by atoms with E-state index in [4.69, 9.17) is 20.3 Å². The van der Waals surface area contributed by atoms with Crippen molar-refractivity contribution < 1.29 is 28.5 Å². The highest BCUT2D eigenvalue weighted by Crippen LogP contribution is 2.36. The number of hydrogen-bond acceptors (Lipinski definition) is 5. The first-order valence-corrected chi connectivity index (χ1v) is 5.25. The lowest BCUT2D eigenvalue weighted by molar-refractivity contribution is 0.0344. The zero-order valence-corrected chi connectivity index (χ0v) is 9.39. The van der Waals surface area contributed by atoms with Gasteiger partial charge in [-0.05, 0) is 6.07 Å². The predicted molar refractivity (Wildman–Crippen MR) is 57.8 cm³/mol. The number of primary amides is 1. The van der Waals surface area contributed by atoms with E-state index in [0.29, 0.717) is 11.3 Å². The number of nitrogens with two attached hydrogens (primary N) is 1. The van der Waals surface area contributed by atoms with Crippen LogP contribution in [0, 0.1) is 5.82 Å². The highest BCUT2D eigenvalue weighted by Gasteiger charge is 2.25. The van der Waals surface area contributed by atoms with Crippen LogP contribution in [-0.4, -0.2) is 30.5 Å². The molecule has 0 saturated heterocycles. The number of fused-ring (bicyclic) bond motifs is 1. The molecule has 18 heavy (non-hydrogen) atoms. The highest BCUT2D eigenvalue weighted by molar-refractivity contribution is 5.64. The van der Waals surface area contributed by atoms with Crippen molar-refractivity contribution in [2.24, 2.45) is 5.73 Å². The van der Waals surface area contributed by atoms with Crippen LogP contribution in [0.4, 0.5) is 9.18 Å². The van der Waals surface area contributed by atoms with E-state index in [-0.39, 0.29) is 25.6 Å². The quantitative estimate of drug-likeness (QED) is 0.825. The molecule has 1 unspecified atom stereocenters. The van der Waals surface area contributed by atoms with Crippen LogP contribution in [0.15, 0.2) is 12.1 Å². The molecular formula is C11H12FNO5. The van der Waals surface area contributed by atoms with E-state index in [0.717, 1.165) is 6.07 Å². The standard InChI is InChI=1S/C11H12FNO5/c12-7-1-6(3-14)10-9(2-7)18-8(4-16-10)5-17-11(13)15/h1-2,8,14H,3-5H2,(H2,13,15). The second-order valence-electron chi connectivity index (χ2n) is 3.73. The van der Waals surface area contributed by atoms with E-state index >= 15 is 0 Å². The van der Waals surface area contributed by atoms with E-state index in [1.807, 2.05) is 0 Å². The summed E-state index contributed by atoms with van der Waals surface area (Å²) in [6.07, 6.45) is -1.47. The van der Waals surface area contributed by atoms with Crippen LogP contribution in [0.1, 0.15) is 5.56 Å². The summed E-state index contributed by atoms with van der Waals surface area (Å²) >= 11 is 0. The van der Waals surface area contributed by atoms with Gasteiger partial charge >= 0.3 is 6.09 Å². The lowest BCUT2D eigenvalue weighted by Gasteiger charge is -2.27. The fourth-order valence-corrected chi connectivity index (χ4v) is 1.64. The Morgan fingerprint density at radius 1 is 1.61 bits per heavy atom.